The molecule has 16 heavy (non-hydrogen) atoms. The minimum Gasteiger partial charge on any atom is -0.316 e. The zero-order chi connectivity index (χ0) is 12.0. The summed E-state index contributed by atoms with van der Waals surface area (Å²) in [4.78, 5) is 2.55. The van der Waals surface area contributed by atoms with E-state index in [-0.39, 0.29) is 0 Å². The first kappa shape index (κ1) is 13.7. The first-order valence-corrected chi connectivity index (χ1v) is 6.69. The van der Waals surface area contributed by atoms with Crippen LogP contribution in [0.15, 0.2) is 12.7 Å². The molecule has 0 spiro atoms. The average Bonchev–Trinajstić information content (AvgIpc) is 2.29. The van der Waals surface area contributed by atoms with Crippen LogP contribution in [0.25, 0.3) is 0 Å². The third-order valence-electron chi connectivity index (χ3n) is 3.94. The first-order chi connectivity index (χ1) is 7.63. The van der Waals surface area contributed by atoms with Crippen molar-refractivity contribution in [3.63, 3.8) is 0 Å². The fraction of sp³-hybridized carbons (Fsp3) is 0.857. The van der Waals surface area contributed by atoms with Gasteiger partial charge in [-0.1, -0.05) is 13.0 Å². The third-order valence-corrected chi connectivity index (χ3v) is 3.94. The number of nitrogens with zero attached hydrogens (tertiary/aromatic N) is 1. The molecule has 1 saturated heterocycles. The van der Waals surface area contributed by atoms with Crippen LogP contribution in [0.4, 0.5) is 0 Å². The molecule has 1 rings (SSSR count). The zero-order valence-corrected chi connectivity index (χ0v) is 11.3. The van der Waals surface area contributed by atoms with E-state index in [4.69, 9.17) is 0 Å². The van der Waals surface area contributed by atoms with Crippen molar-refractivity contribution in [2.75, 3.05) is 26.2 Å². The van der Waals surface area contributed by atoms with Crippen molar-refractivity contribution < 1.29 is 0 Å². The van der Waals surface area contributed by atoms with Crippen LogP contribution in [-0.2, 0) is 0 Å². The molecule has 0 saturated carbocycles. The quantitative estimate of drug-likeness (QED) is 0.698. The van der Waals surface area contributed by atoms with Gasteiger partial charge in [-0.15, -0.1) is 6.58 Å². The second-order valence-electron chi connectivity index (χ2n) is 5.45. The van der Waals surface area contributed by atoms with E-state index in [0.717, 1.165) is 6.54 Å². The molecule has 0 aromatic heterocycles. The van der Waals surface area contributed by atoms with Crippen molar-refractivity contribution >= 4 is 0 Å². The highest BCUT2D eigenvalue weighted by molar-refractivity contribution is 4.89. The van der Waals surface area contributed by atoms with Gasteiger partial charge < -0.3 is 5.32 Å². The van der Waals surface area contributed by atoms with Crippen LogP contribution in [0, 0.1) is 5.41 Å². The molecule has 1 fully saturated rings. The minimum atomic E-state index is 0.492. The van der Waals surface area contributed by atoms with Gasteiger partial charge in [0.2, 0.25) is 0 Å². The van der Waals surface area contributed by atoms with Crippen molar-refractivity contribution in [2.24, 2.45) is 5.41 Å². The van der Waals surface area contributed by atoms with Crippen LogP contribution < -0.4 is 5.32 Å². The van der Waals surface area contributed by atoms with Crippen molar-refractivity contribution in [1.29, 1.82) is 0 Å². The van der Waals surface area contributed by atoms with E-state index >= 15 is 0 Å². The highest BCUT2D eigenvalue weighted by Gasteiger charge is 2.32. The van der Waals surface area contributed by atoms with E-state index in [1.165, 1.54) is 38.9 Å². The Morgan fingerprint density at radius 1 is 1.50 bits per heavy atom. The predicted molar refractivity (Wildman–Crippen MR) is 71.7 cm³/mol. The largest absolute Gasteiger partial charge is 0.316 e. The Bertz CT molecular complexity index is 205. The van der Waals surface area contributed by atoms with Crippen LogP contribution >= 0.6 is 0 Å². The van der Waals surface area contributed by atoms with Gasteiger partial charge in [-0.2, -0.15) is 0 Å². The molecule has 94 valence electrons. The molecular weight excluding hydrogens is 196 g/mol. The maximum absolute atomic E-state index is 3.87. The lowest BCUT2D eigenvalue weighted by Gasteiger charge is -2.42. The van der Waals surface area contributed by atoms with Crippen molar-refractivity contribution in [1.82, 2.24) is 10.2 Å². The summed E-state index contributed by atoms with van der Waals surface area (Å²) in [6, 6.07) is 0.614. The Labute approximate surface area is 101 Å². The summed E-state index contributed by atoms with van der Waals surface area (Å²) in [6.45, 7) is 15.4. The highest BCUT2D eigenvalue weighted by atomic mass is 15.2. The van der Waals surface area contributed by atoms with Gasteiger partial charge in [-0.05, 0) is 45.1 Å². The smallest absolute Gasteiger partial charge is 0.0163 e. The molecule has 0 amide bonds. The second-order valence-corrected chi connectivity index (χ2v) is 5.45. The van der Waals surface area contributed by atoms with Crippen molar-refractivity contribution in [2.45, 2.75) is 46.1 Å². The minimum absolute atomic E-state index is 0.492. The molecule has 1 atom stereocenters. The summed E-state index contributed by atoms with van der Waals surface area (Å²) >= 11 is 0. The lowest BCUT2D eigenvalue weighted by molar-refractivity contribution is 0.100. The van der Waals surface area contributed by atoms with Crippen LogP contribution in [-0.4, -0.2) is 37.1 Å². The van der Waals surface area contributed by atoms with Gasteiger partial charge in [-0.25, -0.2) is 0 Å². The monoisotopic (exact) mass is 224 g/mol. The maximum atomic E-state index is 3.87. The summed E-state index contributed by atoms with van der Waals surface area (Å²) < 4.78 is 0. The van der Waals surface area contributed by atoms with Gasteiger partial charge in [0.05, 0.1) is 0 Å². The lowest BCUT2D eigenvalue weighted by Crippen LogP contribution is -2.49. The van der Waals surface area contributed by atoms with Crippen LogP contribution in [0.5, 0.6) is 0 Å². The molecule has 0 bridgehead atoms. The van der Waals surface area contributed by atoms with Gasteiger partial charge in [0, 0.05) is 25.7 Å². The van der Waals surface area contributed by atoms with Gasteiger partial charge in [-0.3, -0.25) is 4.90 Å². The Morgan fingerprint density at radius 2 is 2.25 bits per heavy atom. The number of hydrogen-bond donors (Lipinski definition) is 1. The van der Waals surface area contributed by atoms with Crippen molar-refractivity contribution in [3.05, 3.63) is 12.7 Å². The Kier molecular flexibility index (Phi) is 5.50. The van der Waals surface area contributed by atoms with Gasteiger partial charge >= 0.3 is 0 Å². The SMILES string of the molecule is C=CCN(CC1(CC)CCCNC1)C(C)C. The molecule has 1 aliphatic rings. The van der Waals surface area contributed by atoms with Gasteiger partial charge in [0.15, 0.2) is 0 Å². The summed E-state index contributed by atoms with van der Waals surface area (Å²) in [5, 5.41) is 3.56. The van der Waals surface area contributed by atoms with E-state index in [9.17, 15) is 0 Å². The summed E-state index contributed by atoms with van der Waals surface area (Å²) in [5.41, 5.74) is 0.492. The second kappa shape index (κ2) is 6.41. The average molecular weight is 224 g/mol. The molecule has 2 nitrogen and oxygen atoms in total. The molecule has 1 N–H and O–H groups in total. The molecule has 0 radical (unpaired) electrons. The summed E-state index contributed by atoms with van der Waals surface area (Å²) in [7, 11) is 0. The van der Waals surface area contributed by atoms with Crippen LogP contribution in [0.2, 0.25) is 0 Å². The standard InChI is InChI=1S/C14H28N2/c1-5-10-16(13(3)4)12-14(6-2)8-7-9-15-11-14/h5,13,15H,1,6-12H2,2-4H3. The lowest BCUT2D eigenvalue weighted by atomic mass is 9.77. The maximum Gasteiger partial charge on any atom is 0.0163 e. The van der Waals surface area contributed by atoms with Crippen LogP contribution in [0.3, 0.4) is 0 Å². The number of nitrogens with one attached hydrogen (secondary N) is 1. The number of hydrogen-bond acceptors (Lipinski definition) is 2. The Balaban J connectivity index is 2.61. The zero-order valence-electron chi connectivity index (χ0n) is 11.3. The molecule has 1 unspecified atom stereocenters. The fourth-order valence-electron chi connectivity index (χ4n) is 2.63. The van der Waals surface area contributed by atoms with E-state index in [0.29, 0.717) is 11.5 Å². The van der Waals surface area contributed by atoms with Gasteiger partial charge in [0.1, 0.15) is 0 Å². The predicted octanol–water partition coefficient (Wildman–Crippen LogP) is 2.66. The van der Waals surface area contributed by atoms with Crippen molar-refractivity contribution in [3.8, 4) is 0 Å². The molecule has 0 aromatic rings. The number of piperidine rings is 1. The normalized spacial score (nSPS) is 26.3. The molecule has 0 aromatic carbocycles. The first-order valence-electron chi connectivity index (χ1n) is 6.69. The van der Waals surface area contributed by atoms with E-state index in [2.05, 4.69) is 37.6 Å². The van der Waals surface area contributed by atoms with E-state index in [1.54, 1.807) is 0 Å². The molecule has 1 heterocycles. The molecule has 0 aliphatic carbocycles. The third kappa shape index (κ3) is 3.60. The Hall–Kier alpha value is -0.340. The summed E-state index contributed by atoms with van der Waals surface area (Å²) in [5.74, 6) is 0. The highest BCUT2D eigenvalue weighted by Crippen LogP contribution is 2.31. The Morgan fingerprint density at radius 3 is 2.69 bits per heavy atom. The van der Waals surface area contributed by atoms with Gasteiger partial charge in [0.25, 0.3) is 0 Å². The fourth-order valence-corrected chi connectivity index (χ4v) is 2.63. The van der Waals surface area contributed by atoms with E-state index in [1.807, 2.05) is 6.08 Å². The number of rotatable bonds is 6. The molecular formula is C14H28N2. The molecule has 2 heteroatoms. The van der Waals surface area contributed by atoms with Crippen LogP contribution in [0.1, 0.15) is 40.0 Å². The van der Waals surface area contributed by atoms with E-state index < -0.39 is 0 Å². The topological polar surface area (TPSA) is 15.3 Å². The molecule has 1 aliphatic heterocycles. The summed E-state index contributed by atoms with van der Waals surface area (Å²) in [6.07, 6.45) is 6.00.